The van der Waals surface area contributed by atoms with Crippen LogP contribution in [0.25, 0.3) is 0 Å². The minimum atomic E-state index is -4.32. The largest absolute Gasteiger partial charge is 0.748 e. The first-order valence-corrected chi connectivity index (χ1v) is 7.36. The van der Waals surface area contributed by atoms with Crippen molar-refractivity contribution in [3.8, 4) is 0 Å². The van der Waals surface area contributed by atoms with Gasteiger partial charge in [-0.3, -0.25) is 4.79 Å². The third kappa shape index (κ3) is 17.0. The van der Waals surface area contributed by atoms with Gasteiger partial charge < -0.3 is 19.9 Å². The number of nitrogens with two attached hydrogens (primary N) is 1. The number of carbonyl (C=O) groups is 1. The molecule has 0 saturated carbocycles. The van der Waals surface area contributed by atoms with Crippen LogP contribution in [0.1, 0.15) is 13.3 Å². The van der Waals surface area contributed by atoms with E-state index in [1.165, 1.54) is 0 Å². The Labute approximate surface area is 115 Å². The predicted molar refractivity (Wildman–Crippen MR) is 72.1 cm³/mol. The smallest absolute Gasteiger partial charge is 0.240 e. The van der Waals surface area contributed by atoms with E-state index >= 15 is 0 Å². The van der Waals surface area contributed by atoms with Crippen molar-refractivity contribution in [1.82, 2.24) is 0 Å². The Hall–Kier alpha value is -0.960. The van der Waals surface area contributed by atoms with Crippen molar-refractivity contribution in [2.45, 2.75) is 19.4 Å². The van der Waals surface area contributed by atoms with Gasteiger partial charge in [0.1, 0.15) is 12.6 Å². The second-order valence-electron chi connectivity index (χ2n) is 4.83. The molecule has 0 aliphatic heterocycles. The highest BCUT2D eigenvalue weighted by atomic mass is 32.2. The Morgan fingerprint density at radius 3 is 2.21 bits per heavy atom. The van der Waals surface area contributed by atoms with Gasteiger partial charge in [-0.2, -0.15) is 0 Å². The summed E-state index contributed by atoms with van der Waals surface area (Å²) in [4.78, 5) is 9.47. The van der Waals surface area contributed by atoms with Crippen molar-refractivity contribution >= 4 is 16.0 Å². The maximum atomic E-state index is 10.4. The molecule has 0 radical (unpaired) electrons. The van der Waals surface area contributed by atoms with Crippen molar-refractivity contribution in [2.75, 3.05) is 32.9 Å². The van der Waals surface area contributed by atoms with Gasteiger partial charge in [0.05, 0.1) is 36.5 Å². The monoisotopic (exact) mass is 296 g/mol. The summed E-state index contributed by atoms with van der Waals surface area (Å²) in [5.41, 5.74) is 4.53. The first-order valence-electron chi connectivity index (χ1n) is 5.79. The van der Waals surface area contributed by atoms with E-state index in [1.807, 2.05) is 21.0 Å². The number of likely N-dealkylation sites (N-methyl/N-ethyl adjacent to an activating group) is 1. The van der Waals surface area contributed by atoms with E-state index in [9.17, 15) is 22.9 Å². The van der Waals surface area contributed by atoms with Crippen LogP contribution >= 0.6 is 0 Å². The van der Waals surface area contributed by atoms with Crippen LogP contribution in [0.2, 0.25) is 0 Å². The van der Waals surface area contributed by atoms with Gasteiger partial charge in [0, 0.05) is 0 Å². The lowest BCUT2D eigenvalue weighted by atomic mass is 10.3. The maximum Gasteiger partial charge on any atom is 0.240 e. The highest BCUT2D eigenvalue weighted by Crippen LogP contribution is 2.03. The van der Waals surface area contributed by atoms with E-state index in [2.05, 4.69) is 12.3 Å². The molecule has 1 amide bonds. The molecule has 8 heteroatoms. The lowest BCUT2D eigenvalue weighted by Crippen LogP contribution is -2.47. The number of rotatable bonds is 7. The number of hydrogen-bond acceptors (Lipinski definition) is 5. The fourth-order valence-corrected chi connectivity index (χ4v) is 2.13. The summed E-state index contributed by atoms with van der Waals surface area (Å²) in [6.07, 6.45) is 0.933. The number of hydrogen-bond donors (Lipinski definition) is 2. The molecule has 0 aliphatic carbocycles. The summed E-state index contributed by atoms with van der Waals surface area (Å²) in [6, 6.07) is 0. The lowest BCUT2D eigenvalue weighted by Gasteiger charge is -2.31. The average molecular weight is 296 g/mol. The van der Waals surface area contributed by atoms with Crippen molar-refractivity contribution < 1.29 is 27.4 Å². The van der Waals surface area contributed by atoms with Crippen LogP contribution in [0.3, 0.4) is 0 Å². The second-order valence-corrected chi connectivity index (χ2v) is 6.28. The molecule has 19 heavy (non-hydrogen) atoms. The Bertz CT molecular complexity index is 379. The molecule has 114 valence electrons. The molecule has 1 unspecified atom stereocenters. The first-order chi connectivity index (χ1) is 8.43. The molecule has 0 saturated heterocycles. The zero-order valence-corrected chi connectivity index (χ0v) is 12.5. The number of primary amides is 1. The topological polar surface area (TPSA) is 121 Å². The third-order valence-electron chi connectivity index (χ3n) is 2.13. The molecule has 0 aliphatic rings. The zero-order chi connectivity index (χ0) is 15.7. The Morgan fingerprint density at radius 1 is 1.53 bits per heavy atom. The number of carbonyl (C=O) groups excluding carboxylic acids is 1. The molecule has 0 aromatic rings. The predicted octanol–water partition coefficient (Wildman–Crippen LogP) is -0.963. The molecule has 7 nitrogen and oxygen atoms in total. The molecule has 0 aromatic heterocycles. The maximum absolute atomic E-state index is 10.4. The van der Waals surface area contributed by atoms with Gasteiger partial charge in [0.25, 0.3) is 0 Å². The normalized spacial score (nSPS) is 13.1. The molecule has 3 N–H and O–H groups in total. The van der Waals surface area contributed by atoms with E-state index in [0.717, 1.165) is 19.0 Å². The summed E-state index contributed by atoms with van der Waals surface area (Å²) < 4.78 is 31.6. The molecule has 0 spiro atoms. The second kappa shape index (κ2) is 9.03. The Balaban J connectivity index is 0. The van der Waals surface area contributed by atoms with Gasteiger partial charge in [0.2, 0.25) is 5.91 Å². The van der Waals surface area contributed by atoms with Gasteiger partial charge >= 0.3 is 0 Å². The molecule has 0 fully saturated rings. The minimum absolute atomic E-state index is 0.287. The van der Waals surface area contributed by atoms with Crippen molar-refractivity contribution in [3.63, 3.8) is 0 Å². The van der Waals surface area contributed by atoms with Gasteiger partial charge in [-0.1, -0.05) is 13.5 Å². The van der Waals surface area contributed by atoms with Crippen LogP contribution in [-0.2, 0) is 14.9 Å². The van der Waals surface area contributed by atoms with E-state index < -0.39 is 27.9 Å². The number of aliphatic hydroxyl groups excluding tert-OH is 1. The molecule has 0 heterocycles. The summed E-state index contributed by atoms with van der Waals surface area (Å²) in [5, 5.41) is 9.35. The number of quaternary nitrogens is 1. The Morgan fingerprint density at radius 2 is 1.95 bits per heavy atom. The van der Waals surface area contributed by atoms with Gasteiger partial charge in [-0.25, -0.2) is 8.42 Å². The first kappa shape index (κ1) is 20.4. The molecule has 0 bridgehead atoms. The van der Waals surface area contributed by atoms with Crippen LogP contribution in [0.5, 0.6) is 0 Å². The molecular formula is C11H24N2O5S. The van der Waals surface area contributed by atoms with Crippen molar-refractivity contribution in [1.29, 1.82) is 0 Å². The van der Waals surface area contributed by atoms with Gasteiger partial charge in [-0.15, -0.1) is 0 Å². The summed E-state index contributed by atoms with van der Waals surface area (Å²) in [5.74, 6) is -1.18. The van der Waals surface area contributed by atoms with Crippen LogP contribution in [0.15, 0.2) is 12.7 Å². The summed E-state index contributed by atoms with van der Waals surface area (Å²) in [7, 11) is -0.535. The fourth-order valence-electron chi connectivity index (χ4n) is 1.56. The average Bonchev–Trinajstić information content (AvgIpc) is 2.13. The molecule has 0 rings (SSSR count). The van der Waals surface area contributed by atoms with Crippen molar-refractivity contribution in [3.05, 3.63) is 12.7 Å². The number of amides is 1. The zero-order valence-electron chi connectivity index (χ0n) is 11.7. The van der Waals surface area contributed by atoms with E-state index in [4.69, 9.17) is 0 Å². The van der Waals surface area contributed by atoms with Gasteiger partial charge in [0.15, 0.2) is 0 Å². The highest BCUT2D eigenvalue weighted by molar-refractivity contribution is 7.85. The third-order valence-corrected chi connectivity index (χ3v) is 2.92. The van der Waals surface area contributed by atoms with Crippen LogP contribution in [-0.4, -0.2) is 67.5 Å². The summed E-state index contributed by atoms with van der Waals surface area (Å²) in [6.45, 7) is 6.23. The lowest BCUT2D eigenvalue weighted by molar-refractivity contribution is -0.893. The van der Waals surface area contributed by atoms with Crippen LogP contribution in [0, 0.1) is 0 Å². The molecule has 1 atom stereocenters. The highest BCUT2D eigenvalue weighted by Gasteiger charge is 2.20. The number of nitrogens with zero attached hydrogens (tertiary/aromatic N) is 1. The van der Waals surface area contributed by atoms with Crippen LogP contribution in [0.4, 0.5) is 0 Å². The van der Waals surface area contributed by atoms with E-state index in [0.29, 0.717) is 4.48 Å². The molecule has 0 aromatic carbocycles. The minimum Gasteiger partial charge on any atom is -0.748 e. The van der Waals surface area contributed by atoms with Crippen molar-refractivity contribution in [2.24, 2.45) is 5.73 Å². The summed E-state index contributed by atoms with van der Waals surface area (Å²) >= 11 is 0. The standard InChI is InChI=1S/C8H19NO4S.C3H5NO/c1-4-5-9(2,3)6-8(10)7-14(11,12)13;1-2-3(4)5/h8,10H,4-7H2,1-3H3;2H,1H2,(H2,4,5). The van der Waals surface area contributed by atoms with Crippen LogP contribution < -0.4 is 5.73 Å². The van der Waals surface area contributed by atoms with E-state index in [-0.39, 0.29) is 6.54 Å². The quantitative estimate of drug-likeness (QED) is 0.356. The molecular weight excluding hydrogens is 272 g/mol. The fraction of sp³-hybridized carbons (Fsp3) is 0.727. The number of aliphatic hydroxyl groups is 1. The SMILES string of the molecule is C=CC(N)=O.CCC[N+](C)(C)CC(O)CS(=O)(=O)[O-]. The van der Waals surface area contributed by atoms with Gasteiger partial charge in [-0.05, 0) is 12.5 Å². The van der Waals surface area contributed by atoms with E-state index in [1.54, 1.807) is 0 Å². The Kier molecular flexibility index (Phi) is 9.67.